The van der Waals surface area contributed by atoms with E-state index in [1.54, 1.807) is 0 Å². The lowest BCUT2D eigenvalue weighted by Crippen LogP contribution is -2.41. The second kappa shape index (κ2) is 4.97. The van der Waals surface area contributed by atoms with Crippen LogP contribution < -0.4 is 5.32 Å². The van der Waals surface area contributed by atoms with Gasteiger partial charge in [-0.05, 0) is 36.0 Å². The molecule has 3 rings (SSSR count). The number of rotatable bonds is 1. The predicted octanol–water partition coefficient (Wildman–Crippen LogP) is 3.22. The van der Waals surface area contributed by atoms with Gasteiger partial charge in [-0.1, -0.05) is 32.9 Å². The molecule has 1 aliphatic rings. The number of amides is 2. The molecule has 0 aliphatic carbocycles. The molecule has 1 saturated heterocycles. The van der Waals surface area contributed by atoms with Gasteiger partial charge in [-0.25, -0.2) is 0 Å². The zero-order valence-electron chi connectivity index (χ0n) is 13.6. The minimum Gasteiger partial charge on any atom is -0.335 e. The minimum absolute atomic E-state index is 0.0575. The molecule has 0 spiro atoms. The zero-order valence-corrected chi connectivity index (χ0v) is 13.6. The minimum atomic E-state index is -0.302. The van der Waals surface area contributed by atoms with E-state index in [0.717, 1.165) is 16.5 Å². The maximum absolute atomic E-state index is 12.2. The van der Waals surface area contributed by atoms with Crippen LogP contribution in [0.2, 0.25) is 0 Å². The number of benzene rings is 1. The highest BCUT2D eigenvalue weighted by atomic mass is 16.2. The van der Waals surface area contributed by atoms with E-state index < -0.39 is 0 Å². The van der Waals surface area contributed by atoms with E-state index in [-0.39, 0.29) is 23.3 Å². The highest BCUT2D eigenvalue weighted by Crippen LogP contribution is 2.32. The molecule has 1 atom stereocenters. The first-order valence-corrected chi connectivity index (χ1v) is 7.73. The number of piperidine rings is 1. The smallest absolute Gasteiger partial charge is 0.249 e. The molecule has 1 unspecified atom stereocenters. The molecule has 0 radical (unpaired) electrons. The quantitative estimate of drug-likeness (QED) is 0.822. The van der Waals surface area contributed by atoms with E-state index in [1.165, 1.54) is 5.56 Å². The molecule has 1 N–H and O–H groups in total. The molecule has 0 bridgehead atoms. The average molecular weight is 298 g/mol. The number of hydrogen-bond donors (Lipinski definition) is 1. The van der Waals surface area contributed by atoms with Crippen molar-refractivity contribution in [3.63, 3.8) is 0 Å². The van der Waals surface area contributed by atoms with Crippen molar-refractivity contribution in [2.75, 3.05) is 0 Å². The fraction of sp³-hybridized carbons (Fsp3) is 0.444. The lowest BCUT2D eigenvalue weighted by Gasteiger charge is -2.24. The molecule has 116 valence electrons. The molecule has 4 nitrogen and oxygen atoms in total. The fourth-order valence-electron chi connectivity index (χ4n) is 3.10. The Hall–Kier alpha value is -2.10. The number of hydrogen-bond acceptors (Lipinski definition) is 2. The third-order valence-corrected chi connectivity index (χ3v) is 4.45. The molecule has 4 heteroatoms. The molecule has 1 aliphatic heterocycles. The van der Waals surface area contributed by atoms with Gasteiger partial charge in [0, 0.05) is 23.5 Å². The third-order valence-electron chi connectivity index (χ3n) is 4.45. The van der Waals surface area contributed by atoms with E-state index in [9.17, 15) is 9.59 Å². The van der Waals surface area contributed by atoms with Gasteiger partial charge < -0.3 is 4.57 Å². The highest BCUT2D eigenvalue weighted by Gasteiger charge is 2.29. The van der Waals surface area contributed by atoms with Crippen molar-refractivity contribution < 1.29 is 9.59 Å². The summed E-state index contributed by atoms with van der Waals surface area (Å²) >= 11 is 0. The van der Waals surface area contributed by atoms with Crippen molar-refractivity contribution >= 4 is 22.7 Å². The Balaban J connectivity index is 2.13. The summed E-state index contributed by atoms with van der Waals surface area (Å²) < 4.78 is 2.03. The number of aromatic nitrogens is 1. The summed E-state index contributed by atoms with van der Waals surface area (Å²) in [7, 11) is 0. The number of aryl methyl sites for hydroxylation is 1. The number of nitrogens with zero attached hydrogens (tertiary/aromatic N) is 1. The summed E-state index contributed by atoms with van der Waals surface area (Å²) in [5.74, 6) is -0.376. The van der Waals surface area contributed by atoms with Crippen molar-refractivity contribution in [1.82, 2.24) is 9.88 Å². The number of carbonyl (C=O) groups excluding carboxylic acids is 2. The molecular weight excluding hydrogens is 276 g/mol. The van der Waals surface area contributed by atoms with Gasteiger partial charge in [0.1, 0.15) is 6.04 Å². The number of fused-ring (bicyclic) bond motifs is 1. The van der Waals surface area contributed by atoms with Gasteiger partial charge in [0.25, 0.3) is 0 Å². The van der Waals surface area contributed by atoms with Gasteiger partial charge >= 0.3 is 0 Å². The average Bonchev–Trinajstić information content (AvgIpc) is 2.75. The number of carbonyl (C=O) groups is 2. The van der Waals surface area contributed by atoms with Crippen LogP contribution in [0, 0.1) is 6.92 Å². The van der Waals surface area contributed by atoms with Gasteiger partial charge in [0.2, 0.25) is 11.8 Å². The van der Waals surface area contributed by atoms with Crippen molar-refractivity contribution in [3.8, 4) is 0 Å². The van der Waals surface area contributed by atoms with Crippen LogP contribution in [0.25, 0.3) is 10.9 Å². The van der Waals surface area contributed by atoms with Crippen molar-refractivity contribution in [2.45, 2.75) is 52.0 Å². The summed E-state index contributed by atoms with van der Waals surface area (Å²) in [5, 5.41) is 3.61. The largest absolute Gasteiger partial charge is 0.335 e. The molecule has 2 amide bonds. The molecule has 1 aromatic heterocycles. The second-order valence-corrected chi connectivity index (χ2v) is 7.17. The Bertz CT molecular complexity index is 765. The summed E-state index contributed by atoms with van der Waals surface area (Å²) in [6.45, 7) is 8.60. The first-order valence-electron chi connectivity index (χ1n) is 7.73. The number of nitrogens with one attached hydrogen (secondary N) is 1. The number of imide groups is 1. The van der Waals surface area contributed by atoms with E-state index >= 15 is 0 Å². The Morgan fingerprint density at radius 2 is 1.95 bits per heavy atom. The van der Waals surface area contributed by atoms with Gasteiger partial charge in [-0.15, -0.1) is 0 Å². The van der Waals surface area contributed by atoms with E-state index in [2.05, 4.69) is 51.2 Å². The predicted molar refractivity (Wildman–Crippen MR) is 86.8 cm³/mol. The van der Waals surface area contributed by atoms with Crippen LogP contribution in [0.4, 0.5) is 0 Å². The van der Waals surface area contributed by atoms with Crippen molar-refractivity contribution in [1.29, 1.82) is 0 Å². The van der Waals surface area contributed by atoms with Crippen LogP contribution in [0.1, 0.15) is 50.8 Å². The summed E-state index contributed by atoms with van der Waals surface area (Å²) in [6, 6.07) is 6.16. The zero-order chi connectivity index (χ0) is 16.1. The Kier molecular flexibility index (Phi) is 3.35. The van der Waals surface area contributed by atoms with Gasteiger partial charge in [0.15, 0.2) is 0 Å². The van der Waals surface area contributed by atoms with Crippen LogP contribution in [0.15, 0.2) is 24.4 Å². The standard InChI is InChI=1S/C18H22N2O2/c1-11-10-20(14-7-8-16(21)19-17(14)22)15-9-12(18(2,3)4)5-6-13(11)15/h5-6,9-10,14H,7-8H2,1-4H3,(H,19,21,22). The van der Waals surface area contributed by atoms with Crippen LogP contribution in [-0.2, 0) is 15.0 Å². The fourth-order valence-corrected chi connectivity index (χ4v) is 3.10. The molecule has 2 aromatic rings. The lowest BCUT2D eigenvalue weighted by atomic mass is 9.86. The van der Waals surface area contributed by atoms with Crippen LogP contribution in [0.3, 0.4) is 0 Å². The van der Waals surface area contributed by atoms with Crippen LogP contribution in [-0.4, -0.2) is 16.4 Å². The van der Waals surface area contributed by atoms with Crippen LogP contribution >= 0.6 is 0 Å². The topological polar surface area (TPSA) is 51.1 Å². The Labute approximate surface area is 130 Å². The van der Waals surface area contributed by atoms with E-state index in [4.69, 9.17) is 0 Å². The molecule has 0 saturated carbocycles. The molecule has 1 fully saturated rings. The van der Waals surface area contributed by atoms with E-state index in [0.29, 0.717) is 12.8 Å². The van der Waals surface area contributed by atoms with Crippen molar-refractivity contribution in [2.24, 2.45) is 0 Å². The Morgan fingerprint density at radius 1 is 1.23 bits per heavy atom. The van der Waals surface area contributed by atoms with Gasteiger partial charge in [-0.2, -0.15) is 0 Å². The summed E-state index contributed by atoms with van der Waals surface area (Å²) in [5.41, 5.74) is 3.52. The second-order valence-electron chi connectivity index (χ2n) is 7.17. The van der Waals surface area contributed by atoms with Gasteiger partial charge in [0.05, 0.1) is 0 Å². The van der Waals surface area contributed by atoms with Crippen molar-refractivity contribution in [3.05, 3.63) is 35.5 Å². The molecule has 22 heavy (non-hydrogen) atoms. The highest BCUT2D eigenvalue weighted by molar-refractivity contribution is 6.00. The molecule has 2 heterocycles. The summed E-state index contributed by atoms with van der Waals surface area (Å²) in [6.07, 6.45) is 2.98. The monoisotopic (exact) mass is 298 g/mol. The first kappa shape index (κ1) is 14.8. The van der Waals surface area contributed by atoms with E-state index in [1.807, 2.05) is 10.8 Å². The SMILES string of the molecule is Cc1cn(C2CCC(=O)NC2=O)c2cc(C(C)(C)C)ccc12. The van der Waals surface area contributed by atoms with Crippen LogP contribution in [0.5, 0.6) is 0 Å². The molecular formula is C18H22N2O2. The summed E-state index contributed by atoms with van der Waals surface area (Å²) in [4.78, 5) is 23.6. The lowest BCUT2D eigenvalue weighted by molar-refractivity contribution is -0.135. The molecule has 1 aromatic carbocycles. The third kappa shape index (κ3) is 2.43. The maximum Gasteiger partial charge on any atom is 0.249 e. The first-order chi connectivity index (χ1) is 10.3. The normalized spacial score (nSPS) is 19.5. The van der Waals surface area contributed by atoms with Gasteiger partial charge in [-0.3, -0.25) is 14.9 Å². The maximum atomic E-state index is 12.2. The Morgan fingerprint density at radius 3 is 2.59 bits per heavy atom.